The Hall–Kier alpha value is -3.55. The number of nitrogens with one attached hydrogen (secondary N) is 2. The third-order valence-corrected chi connectivity index (χ3v) is 3.86. The van der Waals surface area contributed by atoms with Gasteiger partial charge < -0.3 is 14.8 Å². The zero-order valence-corrected chi connectivity index (χ0v) is 13.0. The number of H-pyrrole nitrogens is 1. The van der Waals surface area contributed by atoms with E-state index in [0.29, 0.717) is 5.56 Å². The summed E-state index contributed by atoms with van der Waals surface area (Å²) in [6.45, 7) is 0.0700. The molecule has 1 aliphatic rings. The summed E-state index contributed by atoms with van der Waals surface area (Å²) in [4.78, 5) is 35.0. The number of carbonyl (C=O) groups excluding carboxylic acids is 2. The van der Waals surface area contributed by atoms with E-state index in [2.05, 4.69) is 25.4 Å². The van der Waals surface area contributed by atoms with E-state index in [-0.39, 0.29) is 30.1 Å². The molecule has 0 bridgehead atoms. The first-order valence-electron chi connectivity index (χ1n) is 7.64. The molecule has 3 aromatic rings. The van der Waals surface area contributed by atoms with Crippen LogP contribution in [-0.4, -0.2) is 33.2 Å². The maximum Gasteiger partial charge on any atom is 0.260 e. The van der Waals surface area contributed by atoms with Crippen LogP contribution in [0, 0.1) is 0 Å². The van der Waals surface area contributed by atoms with E-state index in [1.807, 2.05) is 12.1 Å². The van der Waals surface area contributed by atoms with E-state index < -0.39 is 5.92 Å². The van der Waals surface area contributed by atoms with Crippen molar-refractivity contribution in [2.75, 3.05) is 0 Å². The van der Waals surface area contributed by atoms with Gasteiger partial charge in [-0.2, -0.15) is 4.98 Å². The Bertz CT molecular complexity index is 1010. The number of carbonyl (C=O) groups is 2. The SMILES string of the molecule is O=C(NCc1nc(C2C=CC=NC2=O)no1)c1cccc2[nH]ccc12. The first-order chi connectivity index (χ1) is 12.2. The minimum absolute atomic E-state index is 0.0700. The molecule has 1 aromatic carbocycles. The average Bonchev–Trinajstić information content (AvgIpc) is 3.29. The Morgan fingerprint density at radius 2 is 2.24 bits per heavy atom. The van der Waals surface area contributed by atoms with Crippen molar-refractivity contribution in [3.05, 3.63) is 59.9 Å². The van der Waals surface area contributed by atoms with Crippen LogP contribution in [0.15, 0.2) is 52.1 Å². The summed E-state index contributed by atoms with van der Waals surface area (Å²) in [6, 6.07) is 7.29. The van der Waals surface area contributed by atoms with Gasteiger partial charge in [-0.1, -0.05) is 17.3 Å². The summed E-state index contributed by atoms with van der Waals surface area (Å²) in [5, 5.41) is 7.37. The molecule has 25 heavy (non-hydrogen) atoms. The van der Waals surface area contributed by atoms with Crippen LogP contribution in [-0.2, 0) is 11.3 Å². The monoisotopic (exact) mass is 335 g/mol. The second kappa shape index (κ2) is 6.16. The number of dihydropyridines is 1. The molecule has 4 rings (SSSR count). The van der Waals surface area contributed by atoms with Gasteiger partial charge in [0.15, 0.2) is 5.82 Å². The number of fused-ring (bicyclic) bond motifs is 1. The highest BCUT2D eigenvalue weighted by molar-refractivity contribution is 6.06. The predicted octanol–water partition coefficient (Wildman–Crippen LogP) is 1.73. The molecule has 0 saturated heterocycles. The largest absolute Gasteiger partial charge is 0.361 e. The second-order valence-electron chi connectivity index (χ2n) is 5.45. The molecule has 1 aliphatic heterocycles. The fourth-order valence-corrected chi connectivity index (χ4v) is 2.64. The summed E-state index contributed by atoms with van der Waals surface area (Å²) in [5.74, 6) is -0.788. The number of allylic oxidation sites excluding steroid dienone is 1. The predicted molar refractivity (Wildman–Crippen MR) is 89.1 cm³/mol. The van der Waals surface area contributed by atoms with Gasteiger partial charge in [0, 0.05) is 28.9 Å². The Balaban J connectivity index is 1.46. The van der Waals surface area contributed by atoms with Crippen molar-refractivity contribution < 1.29 is 14.1 Å². The number of benzene rings is 1. The topological polar surface area (TPSA) is 113 Å². The summed E-state index contributed by atoms with van der Waals surface area (Å²) < 4.78 is 5.10. The number of hydrogen-bond acceptors (Lipinski definition) is 5. The molecule has 124 valence electrons. The molecule has 0 saturated carbocycles. The Morgan fingerprint density at radius 1 is 1.32 bits per heavy atom. The van der Waals surface area contributed by atoms with Gasteiger partial charge in [0.1, 0.15) is 5.92 Å². The Morgan fingerprint density at radius 3 is 3.12 bits per heavy atom. The van der Waals surface area contributed by atoms with Gasteiger partial charge in [-0.05, 0) is 24.3 Å². The molecule has 0 spiro atoms. The lowest BCUT2D eigenvalue weighted by molar-refractivity contribution is -0.118. The van der Waals surface area contributed by atoms with Crippen molar-refractivity contribution in [3.63, 3.8) is 0 Å². The van der Waals surface area contributed by atoms with Gasteiger partial charge in [0.25, 0.3) is 11.8 Å². The smallest absolute Gasteiger partial charge is 0.260 e. The van der Waals surface area contributed by atoms with Crippen molar-refractivity contribution in [2.24, 2.45) is 4.99 Å². The van der Waals surface area contributed by atoms with Crippen molar-refractivity contribution in [1.82, 2.24) is 20.4 Å². The van der Waals surface area contributed by atoms with Gasteiger partial charge in [-0.15, -0.1) is 0 Å². The summed E-state index contributed by atoms with van der Waals surface area (Å²) >= 11 is 0. The molecule has 3 heterocycles. The van der Waals surface area contributed by atoms with E-state index in [0.717, 1.165) is 10.9 Å². The molecule has 8 heteroatoms. The molecule has 0 fully saturated rings. The number of aromatic nitrogens is 3. The highest BCUT2D eigenvalue weighted by atomic mass is 16.5. The van der Waals surface area contributed by atoms with Crippen molar-refractivity contribution in [3.8, 4) is 0 Å². The molecule has 1 atom stereocenters. The number of amides is 2. The van der Waals surface area contributed by atoms with Crippen LogP contribution in [0.3, 0.4) is 0 Å². The molecular weight excluding hydrogens is 322 g/mol. The van der Waals surface area contributed by atoms with E-state index in [4.69, 9.17) is 4.52 Å². The van der Waals surface area contributed by atoms with E-state index in [1.165, 1.54) is 6.21 Å². The molecule has 2 N–H and O–H groups in total. The highest BCUT2D eigenvalue weighted by Crippen LogP contribution is 2.19. The van der Waals surface area contributed by atoms with E-state index >= 15 is 0 Å². The summed E-state index contributed by atoms with van der Waals surface area (Å²) in [5.41, 5.74) is 1.44. The molecule has 0 radical (unpaired) electrons. The van der Waals surface area contributed by atoms with Crippen LogP contribution in [0.5, 0.6) is 0 Å². The fourth-order valence-electron chi connectivity index (χ4n) is 2.64. The van der Waals surface area contributed by atoms with Crippen molar-refractivity contribution >= 4 is 28.9 Å². The van der Waals surface area contributed by atoms with Gasteiger partial charge in [-0.3, -0.25) is 9.59 Å². The number of nitrogens with zero attached hydrogens (tertiary/aromatic N) is 3. The fraction of sp³-hybridized carbons (Fsp3) is 0.118. The highest BCUT2D eigenvalue weighted by Gasteiger charge is 2.24. The quantitative estimate of drug-likeness (QED) is 0.754. The maximum absolute atomic E-state index is 12.4. The van der Waals surface area contributed by atoms with Gasteiger partial charge in [0.05, 0.1) is 6.54 Å². The number of aliphatic imine (C=N–C) groups is 1. The first-order valence-corrected chi connectivity index (χ1v) is 7.64. The van der Waals surface area contributed by atoms with Crippen LogP contribution in [0.25, 0.3) is 10.9 Å². The average molecular weight is 335 g/mol. The second-order valence-corrected chi connectivity index (χ2v) is 5.45. The number of aromatic amines is 1. The molecule has 2 aromatic heterocycles. The number of rotatable bonds is 4. The molecule has 1 unspecified atom stereocenters. The molecule has 2 amide bonds. The maximum atomic E-state index is 12.4. The van der Waals surface area contributed by atoms with Gasteiger partial charge in [0.2, 0.25) is 5.89 Å². The standard InChI is InChI=1S/C17H13N5O3/c23-16(11-3-1-5-13-10(11)6-8-18-13)20-9-14-21-15(22-25-14)12-4-2-7-19-17(12)24/h1-8,12,18H,9H2,(H,20,23). The normalized spacial score (nSPS) is 16.5. The van der Waals surface area contributed by atoms with Crippen LogP contribution >= 0.6 is 0 Å². The van der Waals surface area contributed by atoms with Crippen LogP contribution in [0.1, 0.15) is 28.0 Å². The van der Waals surface area contributed by atoms with Crippen molar-refractivity contribution in [1.29, 1.82) is 0 Å². The van der Waals surface area contributed by atoms with Gasteiger partial charge >= 0.3 is 0 Å². The lowest BCUT2D eigenvalue weighted by Crippen LogP contribution is -2.23. The molecule has 8 nitrogen and oxygen atoms in total. The van der Waals surface area contributed by atoms with E-state index in [1.54, 1.807) is 30.5 Å². The zero-order valence-electron chi connectivity index (χ0n) is 13.0. The van der Waals surface area contributed by atoms with Crippen LogP contribution < -0.4 is 5.32 Å². The summed E-state index contributed by atoms with van der Waals surface area (Å²) in [6.07, 6.45) is 6.50. The minimum Gasteiger partial charge on any atom is -0.361 e. The lowest BCUT2D eigenvalue weighted by atomic mass is 10.1. The Kier molecular flexibility index (Phi) is 3.70. The minimum atomic E-state index is -0.646. The third-order valence-electron chi connectivity index (χ3n) is 3.86. The number of hydrogen-bond donors (Lipinski definition) is 2. The lowest BCUT2D eigenvalue weighted by Gasteiger charge is -2.05. The molecular formula is C17H13N5O3. The zero-order chi connectivity index (χ0) is 17.2. The third kappa shape index (κ3) is 2.85. The summed E-state index contributed by atoms with van der Waals surface area (Å²) in [7, 11) is 0. The first kappa shape index (κ1) is 15.0. The Labute approximate surface area is 141 Å². The van der Waals surface area contributed by atoms with Gasteiger partial charge in [-0.25, -0.2) is 4.99 Å². The molecule has 0 aliphatic carbocycles. The van der Waals surface area contributed by atoms with Crippen LogP contribution in [0.4, 0.5) is 0 Å². The van der Waals surface area contributed by atoms with Crippen LogP contribution in [0.2, 0.25) is 0 Å². The van der Waals surface area contributed by atoms with Crippen molar-refractivity contribution in [2.45, 2.75) is 12.5 Å². The van der Waals surface area contributed by atoms with E-state index in [9.17, 15) is 9.59 Å².